The average Bonchev–Trinajstić information content (AvgIpc) is 2.28. The second kappa shape index (κ2) is 5.81. The Labute approximate surface area is 106 Å². The molecule has 3 N–H and O–H groups in total. The van der Waals surface area contributed by atoms with Gasteiger partial charge in [0.2, 0.25) is 0 Å². The Morgan fingerprint density at radius 2 is 2.12 bits per heavy atom. The first-order valence-electron chi connectivity index (χ1n) is 4.41. The molecule has 17 heavy (non-hydrogen) atoms. The van der Waals surface area contributed by atoms with Crippen molar-refractivity contribution in [1.29, 1.82) is 0 Å². The highest BCUT2D eigenvalue weighted by Gasteiger charge is 2.21. The molecular weight excluding hydrogens is 271 g/mol. The van der Waals surface area contributed by atoms with Gasteiger partial charge in [-0.2, -0.15) is 0 Å². The number of rotatable bonds is 4. The SMILES string of the molecule is O=C(NC(CO)C(=O)O)c1cc(Cl)ncc1Cl. The minimum absolute atomic E-state index is 0.00799. The first-order chi connectivity index (χ1) is 7.95. The van der Waals surface area contributed by atoms with E-state index in [1.807, 2.05) is 0 Å². The van der Waals surface area contributed by atoms with Crippen molar-refractivity contribution in [2.75, 3.05) is 6.61 Å². The zero-order chi connectivity index (χ0) is 13.0. The number of aliphatic hydroxyl groups excluding tert-OH is 1. The summed E-state index contributed by atoms with van der Waals surface area (Å²) in [5.74, 6) is -2.10. The van der Waals surface area contributed by atoms with E-state index >= 15 is 0 Å². The van der Waals surface area contributed by atoms with Crippen molar-refractivity contribution < 1.29 is 19.8 Å². The van der Waals surface area contributed by atoms with E-state index in [0.29, 0.717) is 0 Å². The van der Waals surface area contributed by atoms with Crippen LogP contribution >= 0.6 is 23.2 Å². The molecule has 6 nitrogen and oxygen atoms in total. The number of amides is 1. The van der Waals surface area contributed by atoms with Crippen molar-refractivity contribution in [1.82, 2.24) is 10.3 Å². The van der Waals surface area contributed by atoms with Gasteiger partial charge in [-0.15, -0.1) is 0 Å². The van der Waals surface area contributed by atoms with E-state index in [9.17, 15) is 9.59 Å². The van der Waals surface area contributed by atoms with Crippen molar-refractivity contribution in [2.45, 2.75) is 6.04 Å². The Balaban J connectivity index is 2.89. The van der Waals surface area contributed by atoms with Crippen LogP contribution in [0.5, 0.6) is 0 Å². The largest absolute Gasteiger partial charge is 0.480 e. The van der Waals surface area contributed by atoms with E-state index in [2.05, 4.69) is 10.3 Å². The maximum Gasteiger partial charge on any atom is 0.328 e. The summed E-state index contributed by atoms with van der Waals surface area (Å²) in [4.78, 5) is 25.9. The first kappa shape index (κ1) is 13.7. The molecule has 1 heterocycles. The summed E-state index contributed by atoms with van der Waals surface area (Å²) in [6.45, 7) is -0.725. The lowest BCUT2D eigenvalue weighted by atomic mass is 10.2. The molecule has 1 atom stereocenters. The predicted octanol–water partition coefficient (Wildman–Crippen LogP) is 0.564. The van der Waals surface area contributed by atoms with Gasteiger partial charge >= 0.3 is 5.97 Å². The molecule has 8 heteroatoms. The van der Waals surface area contributed by atoms with Gasteiger partial charge in [-0.25, -0.2) is 9.78 Å². The zero-order valence-electron chi connectivity index (χ0n) is 8.35. The van der Waals surface area contributed by atoms with Gasteiger partial charge in [0.15, 0.2) is 6.04 Å². The smallest absolute Gasteiger partial charge is 0.328 e. The first-order valence-corrected chi connectivity index (χ1v) is 5.17. The van der Waals surface area contributed by atoms with E-state index in [0.717, 1.165) is 0 Å². The number of carbonyl (C=O) groups is 2. The summed E-state index contributed by atoms with van der Waals surface area (Å²) in [5, 5.41) is 19.6. The maximum atomic E-state index is 11.6. The lowest BCUT2D eigenvalue weighted by molar-refractivity contribution is -0.140. The average molecular weight is 279 g/mol. The van der Waals surface area contributed by atoms with Gasteiger partial charge in [-0.05, 0) is 6.07 Å². The molecule has 0 aromatic carbocycles. The highest BCUT2D eigenvalue weighted by atomic mass is 35.5. The molecule has 1 rings (SSSR count). The molecule has 0 saturated carbocycles. The second-order valence-corrected chi connectivity index (χ2v) is 3.83. The third-order valence-electron chi connectivity index (χ3n) is 1.85. The van der Waals surface area contributed by atoms with Gasteiger partial charge in [-0.3, -0.25) is 4.79 Å². The standard InChI is InChI=1S/C9H8Cl2N2O4/c10-5-2-12-7(11)1-4(5)8(15)13-6(3-14)9(16)17/h1-2,6,14H,3H2,(H,13,15)(H,16,17). The molecule has 0 aliphatic carbocycles. The van der Waals surface area contributed by atoms with Crippen LogP contribution in [0.1, 0.15) is 10.4 Å². The van der Waals surface area contributed by atoms with Gasteiger partial charge in [0, 0.05) is 6.20 Å². The molecule has 0 radical (unpaired) electrons. The highest BCUT2D eigenvalue weighted by molar-refractivity contribution is 6.35. The van der Waals surface area contributed by atoms with Gasteiger partial charge in [-0.1, -0.05) is 23.2 Å². The molecule has 92 valence electrons. The lowest BCUT2D eigenvalue weighted by Gasteiger charge is -2.12. The molecule has 1 unspecified atom stereocenters. The summed E-state index contributed by atoms with van der Waals surface area (Å²) in [5.41, 5.74) is -0.00799. The number of nitrogens with one attached hydrogen (secondary N) is 1. The Morgan fingerprint density at radius 1 is 1.47 bits per heavy atom. The fourth-order valence-electron chi connectivity index (χ4n) is 1.01. The second-order valence-electron chi connectivity index (χ2n) is 3.03. The van der Waals surface area contributed by atoms with Gasteiger partial charge < -0.3 is 15.5 Å². The number of pyridine rings is 1. The Bertz CT molecular complexity index is 453. The van der Waals surface area contributed by atoms with Crippen LogP contribution in [0.15, 0.2) is 12.3 Å². The third-order valence-corrected chi connectivity index (χ3v) is 2.36. The number of hydrogen-bond acceptors (Lipinski definition) is 4. The summed E-state index contributed by atoms with van der Waals surface area (Å²) in [7, 11) is 0. The summed E-state index contributed by atoms with van der Waals surface area (Å²) < 4.78 is 0. The van der Waals surface area contributed by atoms with Crippen LogP contribution < -0.4 is 5.32 Å². The number of nitrogens with zero attached hydrogens (tertiary/aromatic N) is 1. The number of halogens is 2. The van der Waals surface area contributed by atoms with E-state index < -0.39 is 24.5 Å². The Hall–Kier alpha value is -1.37. The van der Waals surface area contributed by atoms with Crippen molar-refractivity contribution >= 4 is 35.1 Å². The van der Waals surface area contributed by atoms with Crippen LogP contribution in [0.25, 0.3) is 0 Å². The van der Waals surface area contributed by atoms with E-state index in [-0.39, 0.29) is 15.7 Å². The number of aromatic nitrogens is 1. The molecule has 0 aliphatic heterocycles. The fraction of sp³-hybridized carbons (Fsp3) is 0.222. The quantitative estimate of drug-likeness (QED) is 0.699. The van der Waals surface area contributed by atoms with Crippen molar-refractivity contribution in [3.05, 3.63) is 28.0 Å². The van der Waals surface area contributed by atoms with Crippen LogP contribution in [-0.4, -0.2) is 39.7 Å². The van der Waals surface area contributed by atoms with Gasteiger partial charge in [0.05, 0.1) is 17.2 Å². The van der Waals surface area contributed by atoms with Crippen LogP contribution in [0, 0.1) is 0 Å². The van der Waals surface area contributed by atoms with E-state index in [4.69, 9.17) is 33.4 Å². The number of carboxylic acid groups (broad SMARTS) is 1. The number of aliphatic hydroxyl groups is 1. The minimum atomic E-state index is -1.40. The van der Waals surface area contributed by atoms with Crippen molar-refractivity contribution in [3.8, 4) is 0 Å². The molecule has 0 aliphatic rings. The normalized spacial score (nSPS) is 11.9. The van der Waals surface area contributed by atoms with E-state index in [1.165, 1.54) is 12.3 Å². The number of carbonyl (C=O) groups excluding carboxylic acids is 1. The van der Waals surface area contributed by atoms with Crippen molar-refractivity contribution in [2.24, 2.45) is 0 Å². The van der Waals surface area contributed by atoms with Crippen LogP contribution in [0.3, 0.4) is 0 Å². The molecular formula is C9H8Cl2N2O4. The molecule has 0 saturated heterocycles. The van der Waals surface area contributed by atoms with Crippen LogP contribution in [0.4, 0.5) is 0 Å². The monoisotopic (exact) mass is 278 g/mol. The molecule has 0 bridgehead atoms. The Morgan fingerprint density at radius 3 is 2.65 bits per heavy atom. The van der Waals surface area contributed by atoms with E-state index in [1.54, 1.807) is 0 Å². The van der Waals surface area contributed by atoms with Gasteiger partial charge in [0.25, 0.3) is 5.91 Å². The number of aliphatic carboxylic acids is 1. The topological polar surface area (TPSA) is 99.5 Å². The predicted molar refractivity (Wildman–Crippen MR) is 60.2 cm³/mol. The lowest BCUT2D eigenvalue weighted by Crippen LogP contribution is -2.43. The summed E-state index contributed by atoms with van der Waals surface area (Å²) in [6.07, 6.45) is 1.17. The number of carboxylic acids is 1. The minimum Gasteiger partial charge on any atom is -0.480 e. The van der Waals surface area contributed by atoms with Crippen LogP contribution in [0.2, 0.25) is 10.2 Å². The van der Waals surface area contributed by atoms with Gasteiger partial charge in [0.1, 0.15) is 5.15 Å². The molecule has 0 spiro atoms. The molecule has 1 amide bonds. The summed E-state index contributed by atoms with van der Waals surface area (Å²) >= 11 is 11.3. The molecule has 1 aromatic heterocycles. The Kier molecular flexibility index (Phi) is 4.68. The summed E-state index contributed by atoms with van der Waals surface area (Å²) in [6, 6.07) is -0.194. The third kappa shape index (κ3) is 3.55. The zero-order valence-corrected chi connectivity index (χ0v) is 9.87. The number of hydrogen-bond donors (Lipinski definition) is 3. The van der Waals surface area contributed by atoms with Crippen molar-refractivity contribution in [3.63, 3.8) is 0 Å². The molecule has 1 aromatic rings. The van der Waals surface area contributed by atoms with Crippen LogP contribution in [-0.2, 0) is 4.79 Å². The highest BCUT2D eigenvalue weighted by Crippen LogP contribution is 2.17. The fourth-order valence-corrected chi connectivity index (χ4v) is 1.36. The maximum absolute atomic E-state index is 11.6. The molecule has 0 fully saturated rings.